The van der Waals surface area contributed by atoms with Crippen LogP contribution < -0.4 is 0 Å². The number of ether oxygens (including phenoxy) is 2. The Hall–Kier alpha value is -0.760. The fraction of sp³-hybridized carbons (Fsp3) is 0.929. The van der Waals surface area contributed by atoms with Gasteiger partial charge in [-0.3, -0.25) is 13.8 Å². The molecule has 2 atom stereocenters. The zero-order valence-corrected chi connectivity index (χ0v) is 35.3. The molecule has 8 nitrogen and oxygen atoms in total. The van der Waals surface area contributed by atoms with E-state index in [4.69, 9.17) is 18.5 Å². The summed E-state index contributed by atoms with van der Waals surface area (Å²) in [5.74, 6) is -0.319. The Morgan fingerprint density at radius 3 is 1.49 bits per heavy atom. The number of hydrogen-bond donors (Lipinski definition) is 1. The molecule has 1 unspecified atom stereocenters. The second kappa shape index (κ2) is 36.2. The van der Waals surface area contributed by atoms with Crippen molar-refractivity contribution in [3.8, 4) is 0 Å². The van der Waals surface area contributed by atoms with Gasteiger partial charge in [-0.1, -0.05) is 161 Å². The lowest BCUT2D eigenvalue weighted by Gasteiger charge is -2.24. The summed E-state index contributed by atoms with van der Waals surface area (Å²) in [7, 11) is 1.67. The molecule has 51 heavy (non-hydrogen) atoms. The van der Waals surface area contributed by atoms with Crippen molar-refractivity contribution in [1.82, 2.24) is 0 Å². The molecule has 0 aromatic carbocycles. The van der Waals surface area contributed by atoms with E-state index in [0.29, 0.717) is 24.1 Å². The van der Waals surface area contributed by atoms with E-state index in [1.54, 1.807) is 0 Å². The van der Waals surface area contributed by atoms with Gasteiger partial charge in [0.15, 0.2) is 0 Å². The summed E-state index contributed by atoms with van der Waals surface area (Å²) in [6.07, 6.45) is 38.0. The largest absolute Gasteiger partial charge is 0.472 e. The number of phosphoric acid groups is 1. The van der Waals surface area contributed by atoms with Gasteiger partial charge in [0.05, 0.1) is 34.4 Å². The van der Waals surface area contributed by atoms with Gasteiger partial charge in [0.25, 0.3) is 0 Å². The highest BCUT2D eigenvalue weighted by Gasteiger charge is 2.26. The SMILES string of the molecule is CCCCCCCC/C=C\CCCCCCCC(=O)O[C@@H](COCCCCCCCCCCCCCCCC)COP(=O)(O)OCC[N+](C)(C)C. The van der Waals surface area contributed by atoms with Crippen LogP contribution in [0.4, 0.5) is 0 Å². The summed E-state index contributed by atoms with van der Waals surface area (Å²) in [5, 5.41) is 0. The molecule has 0 aliphatic carbocycles. The summed E-state index contributed by atoms with van der Waals surface area (Å²) in [6.45, 7) is 5.64. The molecule has 0 rings (SSSR count). The quantitative estimate of drug-likeness (QED) is 0.0219. The van der Waals surface area contributed by atoms with E-state index in [1.807, 2.05) is 21.1 Å². The number of hydrogen-bond acceptors (Lipinski definition) is 6. The summed E-state index contributed by atoms with van der Waals surface area (Å²) in [4.78, 5) is 22.8. The molecule has 9 heteroatoms. The first-order chi connectivity index (χ1) is 24.6. The van der Waals surface area contributed by atoms with Crippen LogP contribution in [0.25, 0.3) is 0 Å². The molecule has 0 fully saturated rings. The van der Waals surface area contributed by atoms with Crippen molar-refractivity contribution >= 4 is 13.8 Å². The standard InChI is InChI=1S/C42H84NO7P/c1-6-8-10-12-14-16-18-20-22-23-25-27-29-31-33-35-42(44)50-41(40-49-51(45,46)48-38-36-43(3,4)5)39-47-37-34-32-30-28-26-24-21-19-17-15-13-11-9-7-2/h20,22,41H,6-19,21,23-40H2,1-5H3/p+1/b22-20-/t41-/m0/s1. The molecule has 0 aromatic rings. The van der Waals surface area contributed by atoms with Crippen molar-refractivity contribution in [2.45, 2.75) is 200 Å². The summed E-state index contributed by atoms with van der Waals surface area (Å²) >= 11 is 0. The van der Waals surface area contributed by atoms with Crippen LogP contribution in [-0.4, -0.2) is 75.6 Å². The number of nitrogens with zero attached hydrogens (tertiary/aromatic N) is 1. The first-order valence-electron chi connectivity index (χ1n) is 21.4. The highest BCUT2D eigenvalue weighted by Crippen LogP contribution is 2.43. The lowest BCUT2D eigenvalue weighted by Crippen LogP contribution is -2.37. The molecule has 0 amide bonds. The third kappa shape index (κ3) is 40.3. The monoisotopic (exact) mass is 747 g/mol. The predicted octanol–water partition coefficient (Wildman–Crippen LogP) is 12.3. The molecule has 0 aromatic heterocycles. The summed E-state index contributed by atoms with van der Waals surface area (Å²) in [5.41, 5.74) is 0. The third-order valence-corrected chi connectivity index (χ3v) is 10.3. The Bertz CT molecular complexity index is 833. The first kappa shape index (κ1) is 50.2. The van der Waals surface area contributed by atoms with E-state index in [1.165, 1.54) is 135 Å². The van der Waals surface area contributed by atoms with Crippen molar-refractivity contribution < 1.29 is 37.3 Å². The molecule has 0 bridgehead atoms. The molecule has 0 heterocycles. The molecule has 0 spiro atoms. The van der Waals surface area contributed by atoms with E-state index < -0.39 is 13.9 Å². The van der Waals surface area contributed by atoms with E-state index in [-0.39, 0.29) is 25.8 Å². The van der Waals surface area contributed by atoms with E-state index in [2.05, 4.69) is 26.0 Å². The van der Waals surface area contributed by atoms with Crippen LogP contribution in [-0.2, 0) is 27.9 Å². The number of quaternary nitrogens is 1. The van der Waals surface area contributed by atoms with Crippen LogP contribution in [0.5, 0.6) is 0 Å². The molecule has 0 radical (unpaired) electrons. The maximum absolute atomic E-state index is 12.7. The van der Waals surface area contributed by atoms with Crippen molar-refractivity contribution in [3.05, 3.63) is 12.2 Å². The van der Waals surface area contributed by atoms with Gasteiger partial charge in [-0.15, -0.1) is 0 Å². The average Bonchev–Trinajstić information content (AvgIpc) is 3.08. The smallest absolute Gasteiger partial charge is 0.457 e. The third-order valence-electron chi connectivity index (χ3n) is 9.33. The fourth-order valence-electron chi connectivity index (χ4n) is 5.96. The Kier molecular flexibility index (Phi) is 35.7. The maximum atomic E-state index is 12.7. The lowest BCUT2D eigenvalue weighted by atomic mass is 10.0. The second-order valence-corrected chi connectivity index (χ2v) is 17.2. The van der Waals surface area contributed by atoms with Gasteiger partial charge in [-0.05, 0) is 38.5 Å². The van der Waals surface area contributed by atoms with Crippen LogP contribution in [0, 0.1) is 0 Å². The molecular formula is C42H85NO7P+. The van der Waals surface area contributed by atoms with Gasteiger partial charge < -0.3 is 18.9 Å². The van der Waals surface area contributed by atoms with Crippen LogP contribution in [0.2, 0.25) is 0 Å². The predicted molar refractivity (Wildman–Crippen MR) is 215 cm³/mol. The lowest BCUT2D eigenvalue weighted by molar-refractivity contribution is -0.870. The number of rotatable bonds is 40. The second-order valence-electron chi connectivity index (χ2n) is 15.7. The van der Waals surface area contributed by atoms with Crippen molar-refractivity contribution in [2.75, 3.05) is 54.1 Å². The van der Waals surface area contributed by atoms with Crippen LogP contribution in [0.3, 0.4) is 0 Å². The Balaban J connectivity index is 4.24. The van der Waals surface area contributed by atoms with Gasteiger partial charge in [0.1, 0.15) is 19.3 Å². The Morgan fingerprint density at radius 1 is 0.588 bits per heavy atom. The minimum atomic E-state index is -4.27. The van der Waals surface area contributed by atoms with E-state index in [9.17, 15) is 14.3 Å². The number of likely N-dealkylation sites (N-methyl/N-ethyl adjacent to an activating group) is 1. The average molecular weight is 747 g/mol. The number of unbranched alkanes of at least 4 members (excludes halogenated alkanes) is 24. The van der Waals surface area contributed by atoms with Crippen molar-refractivity contribution in [2.24, 2.45) is 0 Å². The van der Waals surface area contributed by atoms with Gasteiger partial charge in [0, 0.05) is 13.0 Å². The number of esters is 1. The fourth-order valence-corrected chi connectivity index (χ4v) is 6.70. The number of carbonyl (C=O) groups is 1. The molecule has 0 saturated heterocycles. The van der Waals surface area contributed by atoms with Crippen LogP contribution in [0.1, 0.15) is 194 Å². The number of carbonyl (C=O) groups excluding carboxylic acids is 1. The normalized spacial score (nSPS) is 13.9. The number of phosphoric ester groups is 1. The minimum absolute atomic E-state index is 0.0901. The molecule has 0 saturated carbocycles. The van der Waals surface area contributed by atoms with Gasteiger partial charge in [0.2, 0.25) is 0 Å². The molecular weight excluding hydrogens is 661 g/mol. The number of allylic oxidation sites excluding steroid dienone is 2. The Labute approximate surface area is 316 Å². The topological polar surface area (TPSA) is 91.3 Å². The van der Waals surface area contributed by atoms with Crippen LogP contribution >= 0.6 is 7.82 Å². The van der Waals surface area contributed by atoms with Crippen molar-refractivity contribution in [3.63, 3.8) is 0 Å². The van der Waals surface area contributed by atoms with Crippen LogP contribution in [0.15, 0.2) is 12.2 Å². The summed E-state index contributed by atoms with van der Waals surface area (Å²) < 4.78 is 35.0. The van der Waals surface area contributed by atoms with E-state index in [0.717, 1.165) is 38.5 Å². The summed E-state index contributed by atoms with van der Waals surface area (Å²) in [6, 6.07) is 0. The minimum Gasteiger partial charge on any atom is -0.457 e. The van der Waals surface area contributed by atoms with Gasteiger partial charge >= 0.3 is 13.8 Å². The van der Waals surface area contributed by atoms with E-state index >= 15 is 0 Å². The highest BCUT2D eigenvalue weighted by molar-refractivity contribution is 7.47. The van der Waals surface area contributed by atoms with Crippen molar-refractivity contribution in [1.29, 1.82) is 0 Å². The maximum Gasteiger partial charge on any atom is 0.472 e. The zero-order chi connectivity index (χ0) is 37.7. The zero-order valence-electron chi connectivity index (χ0n) is 34.4. The van der Waals surface area contributed by atoms with Gasteiger partial charge in [-0.25, -0.2) is 4.57 Å². The Morgan fingerprint density at radius 2 is 1.02 bits per heavy atom. The molecule has 0 aliphatic rings. The molecule has 1 N–H and O–H groups in total. The molecule has 0 aliphatic heterocycles. The highest BCUT2D eigenvalue weighted by atomic mass is 31.2. The first-order valence-corrected chi connectivity index (χ1v) is 22.9. The molecule has 304 valence electrons. The van der Waals surface area contributed by atoms with Gasteiger partial charge in [-0.2, -0.15) is 0 Å².